The first kappa shape index (κ1) is 13.5. The van der Waals surface area contributed by atoms with Gasteiger partial charge in [-0.3, -0.25) is 0 Å². The molecule has 0 aromatic rings. The van der Waals surface area contributed by atoms with Crippen molar-refractivity contribution in [2.45, 2.75) is 59.0 Å². The Labute approximate surface area is 99.2 Å². The van der Waals surface area contributed by atoms with Crippen LogP contribution in [0.2, 0.25) is 0 Å². The quantitative estimate of drug-likeness (QED) is 0.689. The van der Waals surface area contributed by atoms with E-state index in [4.69, 9.17) is 9.57 Å². The number of oxime groups is 1. The predicted octanol–water partition coefficient (Wildman–Crippen LogP) is 3.38. The molecule has 0 radical (unpaired) electrons. The molecule has 3 heteroatoms. The number of methoxy groups -OCH3 is 1. The normalized spacial score (nSPS) is 19.4. The number of rotatable bonds is 4. The molecule has 0 heterocycles. The van der Waals surface area contributed by atoms with E-state index in [-0.39, 0.29) is 11.5 Å². The molecule has 0 amide bonds. The van der Waals surface area contributed by atoms with Crippen molar-refractivity contribution in [2.75, 3.05) is 13.7 Å². The summed E-state index contributed by atoms with van der Waals surface area (Å²) in [6.45, 7) is 7.05. The zero-order chi connectivity index (χ0) is 12.0. The van der Waals surface area contributed by atoms with Crippen molar-refractivity contribution in [1.82, 2.24) is 0 Å². The van der Waals surface area contributed by atoms with Gasteiger partial charge >= 0.3 is 0 Å². The number of ether oxygens (including phenoxy) is 1. The highest BCUT2D eigenvalue weighted by molar-refractivity contribution is 5.84. The average molecular weight is 227 g/mol. The molecule has 0 aromatic heterocycles. The largest absolute Gasteiger partial charge is 0.390 e. The Hall–Kier alpha value is -0.570. The van der Waals surface area contributed by atoms with Crippen LogP contribution in [0.15, 0.2) is 5.16 Å². The van der Waals surface area contributed by atoms with Gasteiger partial charge in [0.15, 0.2) is 6.10 Å². The summed E-state index contributed by atoms with van der Waals surface area (Å²) < 4.78 is 5.18. The summed E-state index contributed by atoms with van der Waals surface area (Å²) in [5.41, 5.74) is 1.28. The molecule has 0 aliphatic heterocycles. The van der Waals surface area contributed by atoms with E-state index < -0.39 is 0 Å². The van der Waals surface area contributed by atoms with Crippen LogP contribution in [0.1, 0.15) is 52.9 Å². The highest BCUT2D eigenvalue weighted by Gasteiger charge is 2.26. The molecule has 1 saturated carbocycles. The van der Waals surface area contributed by atoms with Gasteiger partial charge in [-0.25, -0.2) is 0 Å². The SMILES string of the molecule is COC[C@@H](ON=C1CCCCC1)C(C)(C)C. The van der Waals surface area contributed by atoms with Crippen LogP contribution in [-0.4, -0.2) is 25.5 Å². The van der Waals surface area contributed by atoms with Crippen molar-refractivity contribution >= 4 is 5.71 Å². The smallest absolute Gasteiger partial charge is 0.155 e. The molecule has 1 aliphatic rings. The lowest BCUT2D eigenvalue weighted by atomic mass is 9.90. The van der Waals surface area contributed by atoms with Crippen LogP contribution in [-0.2, 0) is 9.57 Å². The maximum Gasteiger partial charge on any atom is 0.155 e. The Kier molecular flexibility index (Phi) is 5.26. The molecule has 0 aromatic carbocycles. The third kappa shape index (κ3) is 4.52. The van der Waals surface area contributed by atoms with E-state index in [9.17, 15) is 0 Å². The van der Waals surface area contributed by atoms with E-state index in [1.807, 2.05) is 0 Å². The van der Waals surface area contributed by atoms with Gasteiger partial charge in [0.1, 0.15) is 0 Å². The monoisotopic (exact) mass is 227 g/mol. The van der Waals surface area contributed by atoms with Gasteiger partial charge in [-0.15, -0.1) is 0 Å². The summed E-state index contributed by atoms with van der Waals surface area (Å²) in [5.74, 6) is 0. The maximum atomic E-state index is 5.65. The number of nitrogens with zero attached hydrogens (tertiary/aromatic N) is 1. The zero-order valence-corrected chi connectivity index (χ0v) is 11.1. The van der Waals surface area contributed by atoms with Gasteiger partial charge in [0.05, 0.1) is 12.3 Å². The van der Waals surface area contributed by atoms with Crippen molar-refractivity contribution < 1.29 is 9.57 Å². The van der Waals surface area contributed by atoms with E-state index in [1.165, 1.54) is 25.0 Å². The van der Waals surface area contributed by atoms with E-state index in [1.54, 1.807) is 7.11 Å². The van der Waals surface area contributed by atoms with E-state index >= 15 is 0 Å². The fraction of sp³-hybridized carbons (Fsp3) is 0.923. The summed E-state index contributed by atoms with van der Waals surface area (Å²) in [6, 6.07) is 0. The molecule has 0 spiro atoms. The molecule has 1 aliphatic carbocycles. The van der Waals surface area contributed by atoms with Crippen molar-refractivity contribution in [3.8, 4) is 0 Å². The molecule has 0 N–H and O–H groups in total. The first-order valence-electron chi connectivity index (χ1n) is 6.24. The Morgan fingerprint density at radius 3 is 2.31 bits per heavy atom. The highest BCUT2D eigenvalue weighted by Crippen LogP contribution is 2.23. The van der Waals surface area contributed by atoms with Gasteiger partial charge in [0, 0.05) is 12.5 Å². The van der Waals surface area contributed by atoms with Crippen molar-refractivity contribution in [2.24, 2.45) is 10.6 Å². The molecule has 16 heavy (non-hydrogen) atoms. The topological polar surface area (TPSA) is 30.8 Å². The number of hydrogen-bond donors (Lipinski definition) is 0. The van der Waals surface area contributed by atoms with Crippen LogP contribution >= 0.6 is 0 Å². The maximum absolute atomic E-state index is 5.65. The molecule has 94 valence electrons. The average Bonchev–Trinajstić information content (AvgIpc) is 2.24. The summed E-state index contributed by atoms with van der Waals surface area (Å²) >= 11 is 0. The van der Waals surface area contributed by atoms with Gasteiger partial charge in [-0.1, -0.05) is 32.3 Å². The van der Waals surface area contributed by atoms with Gasteiger partial charge in [-0.05, 0) is 25.7 Å². The van der Waals surface area contributed by atoms with Crippen molar-refractivity contribution in [3.63, 3.8) is 0 Å². The fourth-order valence-electron chi connectivity index (χ4n) is 1.78. The third-order valence-electron chi connectivity index (χ3n) is 3.02. The summed E-state index contributed by atoms with van der Waals surface area (Å²) in [6.07, 6.45) is 6.08. The van der Waals surface area contributed by atoms with Crippen LogP contribution in [0.3, 0.4) is 0 Å². The van der Waals surface area contributed by atoms with Crippen LogP contribution < -0.4 is 0 Å². The van der Waals surface area contributed by atoms with Crippen LogP contribution in [0.4, 0.5) is 0 Å². The first-order chi connectivity index (χ1) is 7.54. The van der Waals surface area contributed by atoms with Crippen LogP contribution in [0, 0.1) is 5.41 Å². The summed E-state index contributed by atoms with van der Waals surface area (Å²) in [4.78, 5) is 5.65. The van der Waals surface area contributed by atoms with E-state index in [0.717, 1.165) is 12.8 Å². The lowest BCUT2D eigenvalue weighted by Gasteiger charge is -2.28. The summed E-state index contributed by atoms with van der Waals surface area (Å²) in [5, 5.41) is 4.31. The lowest BCUT2D eigenvalue weighted by molar-refractivity contribution is -0.0584. The second kappa shape index (κ2) is 6.24. The van der Waals surface area contributed by atoms with Gasteiger partial charge in [0.2, 0.25) is 0 Å². The van der Waals surface area contributed by atoms with E-state index in [0.29, 0.717) is 6.61 Å². The van der Waals surface area contributed by atoms with Gasteiger partial charge in [-0.2, -0.15) is 0 Å². The molecular weight excluding hydrogens is 202 g/mol. The minimum absolute atomic E-state index is 0.0342. The Morgan fingerprint density at radius 2 is 1.81 bits per heavy atom. The van der Waals surface area contributed by atoms with Gasteiger partial charge < -0.3 is 9.57 Å². The van der Waals surface area contributed by atoms with Crippen LogP contribution in [0.25, 0.3) is 0 Å². The second-order valence-electron chi connectivity index (χ2n) is 5.63. The summed E-state index contributed by atoms with van der Waals surface area (Å²) in [7, 11) is 1.70. The molecule has 0 saturated heterocycles. The molecule has 1 fully saturated rings. The van der Waals surface area contributed by atoms with E-state index in [2.05, 4.69) is 25.9 Å². The fourth-order valence-corrected chi connectivity index (χ4v) is 1.78. The molecule has 3 nitrogen and oxygen atoms in total. The minimum Gasteiger partial charge on any atom is -0.390 e. The predicted molar refractivity (Wildman–Crippen MR) is 66.7 cm³/mol. The first-order valence-corrected chi connectivity index (χ1v) is 6.24. The van der Waals surface area contributed by atoms with Gasteiger partial charge in [0.25, 0.3) is 0 Å². The lowest BCUT2D eigenvalue weighted by Crippen LogP contribution is -2.32. The van der Waals surface area contributed by atoms with Crippen molar-refractivity contribution in [3.05, 3.63) is 0 Å². The second-order valence-corrected chi connectivity index (χ2v) is 5.63. The van der Waals surface area contributed by atoms with Crippen LogP contribution in [0.5, 0.6) is 0 Å². The van der Waals surface area contributed by atoms with Crippen molar-refractivity contribution in [1.29, 1.82) is 0 Å². The molecule has 1 rings (SSSR count). The zero-order valence-electron chi connectivity index (χ0n) is 11.1. The Morgan fingerprint density at radius 1 is 1.19 bits per heavy atom. The molecule has 0 unspecified atom stereocenters. The molecule has 0 bridgehead atoms. The number of hydrogen-bond acceptors (Lipinski definition) is 3. The Balaban J connectivity index is 2.48. The molecular formula is C13H25NO2. The minimum atomic E-state index is 0.0342. The Bertz CT molecular complexity index is 223. The highest BCUT2D eigenvalue weighted by atomic mass is 16.7. The molecule has 1 atom stereocenters. The standard InChI is InChI=1S/C13H25NO2/c1-13(2,3)12(10-15-4)16-14-11-8-6-5-7-9-11/h12H,5-10H2,1-4H3/t12-/m1/s1. The third-order valence-corrected chi connectivity index (χ3v) is 3.02.